The number of aromatic nitrogens is 4. The van der Waals surface area contributed by atoms with Gasteiger partial charge in [-0.1, -0.05) is 30.8 Å². The zero-order chi connectivity index (χ0) is 22.2. The highest BCUT2D eigenvalue weighted by Crippen LogP contribution is 2.29. The Balaban J connectivity index is 1.37. The summed E-state index contributed by atoms with van der Waals surface area (Å²) >= 11 is 0. The summed E-state index contributed by atoms with van der Waals surface area (Å²) in [5, 5.41) is 7.02. The fourth-order valence-electron chi connectivity index (χ4n) is 4.70. The van der Waals surface area contributed by atoms with Gasteiger partial charge >= 0.3 is 0 Å². The van der Waals surface area contributed by atoms with Crippen molar-refractivity contribution in [3.8, 4) is 11.5 Å². The molecule has 9 nitrogen and oxygen atoms in total. The molecule has 2 aliphatic rings. The molecular formula is C23H32N6O3. The number of rotatable bonds is 5. The van der Waals surface area contributed by atoms with Crippen LogP contribution in [0.25, 0.3) is 11.5 Å². The molecular weight excluding hydrogens is 408 g/mol. The normalized spacial score (nSPS) is 21.2. The van der Waals surface area contributed by atoms with Gasteiger partial charge in [0.05, 0.1) is 6.20 Å². The highest BCUT2D eigenvalue weighted by atomic mass is 16.5. The molecule has 0 spiro atoms. The lowest BCUT2D eigenvalue weighted by Gasteiger charge is -2.23. The summed E-state index contributed by atoms with van der Waals surface area (Å²) in [4.78, 5) is 39.8. The molecule has 2 aromatic heterocycles. The van der Waals surface area contributed by atoms with Crippen LogP contribution in [0.4, 0.5) is 0 Å². The van der Waals surface area contributed by atoms with Crippen LogP contribution in [0.15, 0.2) is 23.1 Å². The number of carbonyl (C=O) groups is 2. The Morgan fingerprint density at radius 3 is 2.81 bits per heavy atom. The van der Waals surface area contributed by atoms with Gasteiger partial charge in [0.1, 0.15) is 5.69 Å². The molecule has 9 heteroatoms. The van der Waals surface area contributed by atoms with E-state index in [-0.39, 0.29) is 17.7 Å². The van der Waals surface area contributed by atoms with Gasteiger partial charge in [-0.05, 0) is 31.6 Å². The third-order valence-corrected chi connectivity index (χ3v) is 6.58. The van der Waals surface area contributed by atoms with Gasteiger partial charge in [0, 0.05) is 50.8 Å². The lowest BCUT2D eigenvalue weighted by atomic mass is 9.98. The van der Waals surface area contributed by atoms with Crippen molar-refractivity contribution in [2.75, 3.05) is 19.6 Å². The van der Waals surface area contributed by atoms with Crippen LogP contribution >= 0.6 is 0 Å². The standard InChI is InChI=1S/C23H32N6O3/c30-20-10-15-29(21(31)8-7-17-4-1-2-5-17)14-3-6-18(9-11-26-20)23-27-22(28-32-23)19-16-24-12-13-25-19/h12-13,16-18H,1-11,14-15H2,(H,26,30). The summed E-state index contributed by atoms with van der Waals surface area (Å²) in [7, 11) is 0. The summed E-state index contributed by atoms with van der Waals surface area (Å²) in [6, 6.07) is 0. The van der Waals surface area contributed by atoms with Crippen LogP contribution in [-0.2, 0) is 9.59 Å². The quantitative estimate of drug-likeness (QED) is 0.760. The summed E-state index contributed by atoms with van der Waals surface area (Å²) in [6.45, 7) is 1.68. The minimum Gasteiger partial charge on any atom is -0.356 e. The number of hydrogen-bond acceptors (Lipinski definition) is 7. The van der Waals surface area contributed by atoms with Crippen LogP contribution in [0.1, 0.15) is 76.0 Å². The maximum absolute atomic E-state index is 12.9. The lowest BCUT2D eigenvalue weighted by Crippen LogP contribution is -2.35. The lowest BCUT2D eigenvalue weighted by molar-refractivity contribution is -0.132. The average molecular weight is 441 g/mol. The van der Waals surface area contributed by atoms with E-state index in [0.717, 1.165) is 19.3 Å². The van der Waals surface area contributed by atoms with Gasteiger partial charge in [0.25, 0.3) is 0 Å². The number of nitrogens with one attached hydrogen (secondary N) is 1. The Hall–Kier alpha value is -2.84. The molecule has 2 aromatic rings. The van der Waals surface area contributed by atoms with Crippen molar-refractivity contribution in [3.63, 3.8) is 0 Å². The van der Waals surface area contributed by atoms with Gasteiger partial charge in [0.15, 0.2) is 0 Å². The first-order chi connectivity index (χ1) is 15.7. The van der Waals surface area contributed by atoms with Gasteiger partial charge in [-0.25, -0.2) is 4.98 Å². The number of hydrogen-bond donors (Lipinski definition) is 1. The maximum Gasteiger partial charge on any atom is 0.230 e. The van der Waals surface area contributed by atoms with Gasteiger partial charge in [-0.3, -0.25) is 14.6 Å². The van der Waals surface area contributed by atoms with Crippen molar-refractivity contribution in [1.29, 1.82) is 0 Å². The van der Waals surface area contributed by atoms with Crippen molar-refractivity contribution in [1.82, 2.24) is 30.3 Å². The second-order valence-electron chi connectivity index (χ2n) is 8.84. The maximum atomic E-state index is 12.9. The smallest absolute Gasteiger partial charge is 0.230 e. The molecule has 172 valence electrons. The first-order valence-corrected chi connectivity index (χ1v) is 11.8. The first kappa shape index (κ1) is 22.4. The summed E-state index contributed by atoms with van der Waals surface area (Å²) in [6.07, 6.45) is 14.1. The van der Waals surface area contributed by atoms with E-state index in [1.54, 1.807) is 18.6 Å². The average Bonchev–Trinajstić information content (AvgIpc) is 3.50. The molecule has 1 aliphatic carbocycles. The zero-order valence-electron chi connectivity index (χ0n) is 18.5. The van der Waals surface area contributed by atoms with Crippen LogP contribution in [-0.4, -0.2) is 56.5 Å². The molecule has 2 amide bonds. The minimum absolute atomic E-state index is 0.0155. The molecule has 0 aromatic carbocycles. The van der Waals surface area contributed by atoms with Crippen molar-refractivity contribution in [3.05, 3.63) is 24.5 Å². The fourth-order valence-corrected chi connectivity index (χ4v) is 4.70. The summed E-state index contributed by atoms with van der Waals surface area (Å²) in [5.41, 5.74) is 0.562. The Morgan fingerprint density at radius 2 is 2.00 bits per heavy atom. The van der Waals surface area contributed by atoms with E-state index in [2.05, 4.69) is 25.4 Å². The SMILES string of the molecule is O=C1CCN(C(=O)CCC2CCCC2)CCCC(c2nc(-c3cnccn3)no2)CCN1. The molecule has 32 heavy (non-hydrogen) atoms. The van der Waals surface area contributed by atoms with Crippen LogP contribution < -0.4 is 5.32 Å². The Kier molecular flexibility index (Phi) is 7.79. The van der Waals surface area contributed by atoms with E-state index in [0.29, 0.717) is 62.2 Å². The predicted molar refractivity (Wildman–Crippen MR) is 117 cm³/mol. The molecule has 1 N–H and O–H groups in total. The van der Waals surface area contributed by atoms with E-state index >= 15 is 0 Å². The van der Waals surface area contributed by atoms with Crippen molar-refractivity contribution in [2.45, 2.75) is 70.1 Å². The summed E-state index contributed by atoms with van der Waals surface area (Å²) in [5.74, 6) is 1.81. The van der Waals surface area contributed by atoms with Gasteiger partial charge in [-0.15, -0.1) is 0 Å². The van der Waals surface area contributed by atoms with Gasteiger partial charge in [0.2, 0.25) is 23.5 Å². The van der Waals surface area contributed by atoms with E-state index in [9.17, 15) is 9.59 Å². The predicted octanol–water partition coefficient (Wildman–Crippen LogP) is 3.10. The number of nitrogens with zero attached hydrogens (tertiary/aromatic N) is 5. The minimum atomic E-state index is -0.0231. The molecule has 4 rings (SSSR count). The Labute approximate surface area is 188 Å². The van der Waals surface area contributed by atoms with Gasteiger partial charge in [-0.2, -0.15) is 4.98 Å². The van der Waals surface area contributed by atoms with E-state index in [1.165, 1.54) is 25.7 Å². The number of amides is 2. The molecule has 2 fully saturated rings. The zero-order valence-corrected chi connectivity index (χ0v) is 18.5. The van der Waals surface area contributed by atoms with Crippen LogP contribution in [0.5, 0.6) is 0 Å². The Morgan fingerprint density at radius 1 is 1.12 bits per heavy atom. The third kappa shape index (κ3) is 6.11. The topological polar surface area (TPSA) is 114 Å². The largest absolute Gasteiger partial charge is 0.356 e. The van der Waals surface area contributed by atoms with Gasteiger partial charge < -0.3 is 14.7 Å². The van der Waals surface area contributed by atoms with E-state index in [4.69, 9.17) is 4.52 Å². The molecule has 1 atom stereocenters. The van der Waals surface area contributed by atoms with Crippen molar-refractivity contribution >= 4 is 11.8 Å². The molecule has 1 saturated carbocycles. The second-order valence-corrected chi connectivity index (χ2v) is 8.84. The first-order valence-electron chi connectivity index (χ1n) is 11.8. The van der Waals surface area contributed by atoms with Crippen LogP contribution in [0.2, 0.25) is 0 Å². The molecule has 1 aliphatic heterocycles. The van der Waals surface area contributed by atoms with Crippen LogP contribution in [0.3, 0.4) is 0 Å². The highest BCUT2D eigenvalue weighted by Gasteiger charge is 2.24. The molecule has 1 saturated heterocycles. The fraction of sp³-hybridized carbons (Fsp3) is 0.652. The van der Waals surface area contributed by atoms with E-state index < -0.39 is 0 Å². The molecule has 0 radical (unpaired) electrons. The van der Waals surface area contributed by atoms with Crippen LogP contribution in [0, 0.1) is 5.92 Å². The second kappa shape index (κ2) is 11.2. The molecule has 1 unspecified atom stereocenters. The monoisotopic (exact) mass is 440 g/mol. The number of carbonyl (C=O) groups excluding carboxylic acids is 2. The summed E-state index contributed by atoms with van der Waals surface area (Å²) < 4.78 is 5.53. The third-order valence-electron chi connectivity index (χ3n) is 6.58. The van der Waals surface area contributed by atoms with E-state index in [1.807, 2.05) is 4.90 Å². The van der Waals surface area contributed by atoms with Crippen molar-refractivity contribution < 1.29 is 14.1 Å². The molecule has 0 bridgehead atoms. The highest BCUT2D eigenvalue weighted by molar-refractivity contribution is 5.79. The molecule has 3 heterocycles. The van der Waals surface area contributed by atoms with Crippen molar-refractivity contribution in [2.24, 2.45) is 5.92 Å². The Bertz CT molecular complexity index is 881.